The van der Waals surface area contributed by atoms with Crippen LogP contribution in [-0.4, -0.2) is 59.4 Å². The largest absolute Gasteiger partial charge is 0.491 e. The zero-order chi connectivity index (χ0) is 20.2. The van der Waals surface area contributed by atoms with Gasteiger partial charge in [0.05, 0.1) is 31.0 Å². The highest BCUT2D eigenvalue weighted by molar-refractivity contribution is 6.05. The summed E-state index contributed by atoms with van der Waals surface area (Å²) in [6.07, 6.45) is 3.13. The maximum absolute atomic E-state index is 12.6. The number of carbonyl (C=O) groups is 1. The van der Waals surface area contributed by atoms with E-state index < -0.39 is 5.92 Å². The van der Waals surface area contributed by atoms with Gasteiger partial charge in [0.25, 0.3) is 0 Å². The van der Waals surface area contributed by atoms with Crippen molar-refractivity contribution >= 4 is 22.6 Å². The predicted molar refractivity (Wildman–Crippen MR) is 105 cm³/mol. The molecular formula is C20H21N5O4. The number of anilines is 1. The molecule has 0 fully saturated rings. The van der Waals surface area contributed by atoms with Crippen LogP contribution in [0.15, 0.2) is 30.7 Å². The molecule has 0 saturated heterocycles. The summed E-state index contributed by atoms with van der Waals surface area (Å²) in [6.45, 7) is 3.75. The van der Waals surface area contributed by atoms with E-state index in [4.69, 9.17) is 14.2 Å². The van der Waals surface area contributed by atoms with Gasteiger partial charge in [-0.05, 0) is 19.1 Å². The second kappa shape index (κ2) is 8.46. The monoisotopic (exact) mass is 395 g/mol. The number of hydrogen-bond acceptors (Lipinski definition) is 8. The van der Waals surface area contributed by atoms with E-state index in [2.05, 4.69) is 25.3 Å². The number of benzene rings is 1. The lowest BCUT2D eigenvalue weighted by Crippen LogP contribution is -2.15. The Morgan fingerprint density at radius 3 is 2.83 bits per heavy atom. The fourth-order valence-corrected chi connectivity index (χ4v) is 3.23. The lowest BCUT2D eigenvalue weighted by Gasteiger charge is -2.12. The summed E-state index contributed by atoms with van der Waals surface area (Å²) in [5, 5.41) is 3.60. The maximum Gasteiger partial charge on any atom is 0.239 e. The number of ether oxygens (including phenoxy) is 3. The fourth-order valence-electron chi connectivity index (χ4n) is 3.23. The fraction of sp³-hybridized carbons (Fsp3) is 0.350. The molecule has 1 amide bonds. The standard InChI is InChI=1S/C20H21N5O4/c1-12-21-10-15-17(20(26)25-19(15)24-12)18-14-4-3-13(9-16(14)22-11-23-18)29-8-7-28-6-5-27-2/h3-4,9-11,17H,5-8H2,1-2H3,(H,21,24,25,26). The van der Waals surface area contributed by atoms with E-state index in [1.54, 1.807) is 20.2 Å². The Hall–Kier alpha value is -3.17. The van der Waals surface area contributed by atoms with E-state index in [1.165, 1.54) is 6.33 Å². The molecule has 3 aromatic rings. The third-order valence-corrected chi connectivity index (χ3v) is 4.59. The van der Waals surface area contributed by atoms with Gasteiger partial charge >= 0.3 is 0 Å². The Bertz CT molecular complexity index is 1040. The Morgan fingerprint density at radius 2 is 1.97 bits per heavy atom. The van der Waals surface area contributed by atoms with Crippen LogP contribution in [0, 0.1) is 6.92 Å². The summed E-state index contributed by atoms with van der Waals surface area (Å²) in [7, 11) is 1.63. The molecule has 0 saturated carbocycles. The highest BCUT2D eigenvalue weighted by Crippen LogP contribution is 2.37. The minimum absolute atomic E-state index is 0.173. The first-order valence-corrected chi connectivity index (χ1v) is 9.26. The molecule has 9 nitrogen and oxygen atoms in total. The Kier molecular flexibility index (Phi) is 5.59. The van der Waals surface area contributed by atoms with Crippen molar-refractivity contribution < 1.29 is 19.0 Å². The Balaban J connectivity index is 1.55. The first kappa shape index (κ1) is 19.2. The van der Waals surface area contributed by atoms with Gasteiger partial charge in [0.1, 0.15) is 36.2 Å². The van der Waals surface area contributed by atoms with Gasteiger partial charge < -0.3 is 19.5 Å². The Labute approximate surface area is 167 Å². The summed E-state index contributed by atoms with van der Waals surface area (Å²) in [5.74, 6) is 1.07. The van der Waals surface area contributed by atoms with Crippen LogP contribution in [0.5, 0.6) is 5.75 Å². The number of amides is 1. The van der Waals surface area contributed by atoms with E-state index in [0.29, 0.717) is 60.6 Å². The summed E-state index contributed by atoms with van der Waals surface area (Å²) in [5.41, 5.74) is 2.03. The molecule has 3 heterocycles. The van der Waals surface area contributed by atoms with Crippen LogP contribution in [0.3, 0.4) is 0 Å². The molecule has 0 bridgehead atoms. The minimum Gasteiger partial charge on any atom is -0.491 e. The molecule has 29 heavy (non-hydrogen) atoms. The number of rotatable bonds is 8. The van der Waals surface area contributed by atoms with Crippen molar-refractivity contribution in [1.82, 2.24) is 19.9 Å². The molecular weight excluding hydrogens is 374 g/mol. The van der Waals surface area contributed by atoms with Crippen LogP contribution >= 0.6 is 0 Å². The molecule has 1 aliphatic rings. The van der Waals surface area contributed by atoms with Crippen LogP contribution in [0.4, 0.5) is 5.82 Å². The summed E-state index contributed by atoms with van der Waals surface area (Å²) in [4.78, 5) is 29.9. The van der Waals surface area contributed by atoms with E-state index in [0.717, 1.165) is 5.39 Å². The molecule has 1 aromatic carbocycles. The van der Waals surface area contributed by atoms with Crippen molar-refractivity contribution in [2.75, 3.05) is 38.9 Å². The molecule has 1 aliphatic heterocycles. The van der Waals surface area contributed by atoms with Crippen molar-refractivity contribution in [1.29, 1.82) is 0 Å². The van der Waals surface area contributed by atoms with Crippen LogP contribution in [0.2, 0.25) is 0 Å². The van der Waals surface area contributed by atoms with Crippen LogP contribution in [0.1, 0.15) is 23.0 Å². The number of fused-ring (bicyclic) bond motifs is 2. The van der Waals surface area contributed by atoms with Gasteiger partial charge in [-0.25, -0.2) is 19.9 Å². The second-order valence-electron chi connectivity index (χ2n) is 6.53. The van der Waals surface area contributed by atoms with Crippen molar-refractivity contribution in [3.05, 3.63) is 47.8 Å². The topological polar surface area (TPSA) is 108 Å². The zero-order valence-electron chi connectivity index (χ0n) is 16.2. The van der Waals surface area contributed by atoms with Gasteiger partial charge in [-0.2, -0.15) is 0 Å². The highest BCUT2D eigenvalue weighted by atomic mass is 16.5. The lowest BCUT2D eigenvalue weighted by atomic mass is 9.96. The number of carbonyl (C=O) groups excluding carboxylic acids is 1. The van der Waals surface area contributed by atoms with Gasteiger partial charge in [0, 0.05) is 30.3 Å². The van der Waals surface area contributed by atoms with E-state index in [9.17, 15) is 4.79 Å². The molecule has 0 aliphatic carbocycles. The predicted octanol–water partition coefficient (Wildman–Crippen LogP) is 1.85. The van der Waals surface area contributed by atoms with Gasteiger partial charge in [-0.3, -0.25) is 4.79 Å². The summed E-state index contributed by atoms with van der Waals surface area (Å²) >= 11 is 0. The number of nitrogens with one attached hydrogen (secondary N) is 1. The number of aromatic nitrogens is 4. The summed E-state index contributed by atoms with van der Waals surface area (Å²) < 4.78 is 16.0. The molecule has 1 atom stereocenters. The minimum atomic E-state index is -0.572. The Morgan fingerprint density at radius 1 is 1.10 bits per heavy atom. The number of hydrogen-bond donors (Lipinski definition) is 1. The number of aryl methyl sites for hydroxylation is 1. The third-order valence-electron chi connectivity index (χ3n) is 4.59. The molecule has 2 aromatic heterocycles. The van der Waals surface area contributed by atoms with E-state index in [1.807, 2.05) is 18.2 Å². The molecule has 1 unspecified atom stereocenters. The lowest BCUT2D eigenvalue weighted by molar-refractivity contribution is -0.116. The van der Waals surface area contributed by atoms with Crippen LogP contribution in [-0.2, 0) is 14.3 Å². The zero-order valence-corrected chi connectivity index (χ0v) is 16.2. The quantitative estimate of drug-likeness (QED) is 0.576. The molecule has 9 heteroatoms. The maximum atomic E-state index is 12.6. The van der Waals surface area contributed by atoms with Gasteiger partial charge in [-0.15, -0.1) is 0 Å². The second-order valence-corrected chi connectivity index (χ2v) is 6.53. The SMILES string of the molecule is COCCOCCOc1ccc2c(C3C(=O)Nc4nc(C)ncc43)ncnc2c1. The first-order valence-electron chi connectivity index (χ1n) is 9.26. The first-order chi connectivity index (χ1) is 14.2. The number of methoxy groups -OCH3 is 1. The van der Waals surface area contributed by atoms with Gasteiger partial charge in [0.15, 0.2) is 0 Å². The smallest absolute Gasteiger partial charge is 0.239 e. The summed E-state index contributed by atoms with van der Waals surface area (Å²) in [6, 6.07) is 5.53. The molecule has 150 valence electrons. The van der Waals surface area contributed by atoms with Gasteiger partial charge in [-0.1, -0.05) is 0 Å². The van der Waals surface area contributed by atoms with E-state index in [-0.39, 0.29) is 5.91 Å². The average Bonchev–Trinajstić information content (AvgIpc) is 3.04. The van der Waals surface area contributed by atoms with Crippen LogP contribution < -0.4 is 10.1 Å². The van der Waals surface area contributed by atoms with Crippen molar-refractivity contribution in [2.24, 2.45) is 0 Å². The highest BCUT2D eigenvalue weighted by Gasteiger charge is 2.35. The van der Waals surface area contributed by atoms with Crippen LogP contribution in [0.25, 0.3) is 10.9 Å². The molecule has 4 rings (SSSR count). The molecule has 0 radical (unpaired) electrons. The van der Waals surface area contributed by atoms with Crippen molar-refractivity contribution in [3.8, 4) is 5.75 Å². The van der Waals surface area contributed by atoms with Gasteiger partial charge in [0.2, 0.25) is 5.91 Å². The molecule has 1 N–H and O–H groups in total. The van der Waals surface area contributed by atoms with E-state index >= 15 is 0 Å². The van der Waals surface area contributed by atoms with Crippen molar-refractivity contribution in [2.45, 2.75) is 12.8 Å². The normalized spacial score (nSPS) is 15.4. The average molecular weight is 395 g/mol. The molecule has 0 spiro atoms. The third kappa shape index (κ3) is 4.01. The number of nitrogens with zero attached hydrogens (tertiary/aromatic N) is 4. The van der Waals surface area contributed by atoms with Crippen molar-refractivity contribution in [3.63, 3.8) is 0 Å².